The van der Waals surface area contributed by atoms with Crippen molar-refractivity contribution < 1.29 is 14.1 Å². The minimum absolute atomic E-state index is 0.0665. The van der Waals surface area contributed by atoms with Crippen molar-refractivity contribution in [3.05, 3.63) is 68.0 Å². The number of benzene rings is 1. The Labute approximate surface area is 206 Å². The molecule has 2 amide bonds. The molecular formula is C25H25ClN4O3S. The van der Waals surface area contributed by atoms with Gasteiger partial charge < -0.3 is 14.7 Å². The minimum atomic E-state index is -0.270. The van der Waals surface area contributed by atoms with Crippen molar-refractivity contribution in [1.82, 2.24) is 20.4 Å². The largest absolute Gasteiger partial charge is 0.350 e. The fourth-order valence-electron chi connectivity index (χ4n) is 3.82. The van der Waals surface area contributed by atoms with E-state index in [4.69, 9.17) is 16.1 Å². The Morgan fingerprint density at radius 3 is 2.53 bits per heavy atom. The smallest absolute Gasteiger partial charge is 0.259 e. The van der Waals surface area contributed by atoms with Crippen molar-refractivity contribution in [2.45, 2.75) is 34.2 Å². The molecule has 3 aromatic heterocycles. The summed E-state index contributed by atoms with van der Waals surface area (Å²) >= 11 is 7.58. The van der Waals surface area contributed by atoms with Gasteiger partial charge in [-0.05, 0) is 57.5 Å². The second-order valence-corrected chi connectivity index (χ2v) is 9.95. The number of carbonyl (C=O) groups excluding carboxylic acids is 2. The Balaban J connectivity index is 1.59. The molecule has 34 heavy (non-hydrogen) atoms. The second-order valence-electron chi connectivity index (χ2n) is 8.05. The molecule has 0 atom stereocenters. The van der Waals surface area contributed by atoms with Gasteiger partial charge in [-0.1, -0.05) is 28.9 Å². The van der Waals surface area contributed by atoms with Crippen LogP contribution < -0.4 is 5.32 Å². The number of pyridine rings is 1. The first-order chi connectivity index (χ1) is 16.3. The van der Waals surface area contributed by atoms with E-state index >= 15 is 0 Å². The van der Waals surface area contributed by atoms with Gasteiger partial charge in [0.05, 0.1) is 28.9 Å². The maximum atomic E-state index is 13.6. The van der Waals surface area contributed by atoms with Gasteiger partial charge in [0.1, 0.15) is 0 Å². The highest BCUT2D eigenvalue weighted by Crippen LogP contribution is 2.33. The van der Waals surface area contributed by atoms with E-state index in [2.05, 4.69) is 15.5 Å². The van der Waals surface area contributed by atoms with Gasteiger partial charge in [-0.25, -0.2) is 4.98 Å². The summed E-state index contributed by atoms with van der Waals surface area (Å²) in [6.45, 7) is 8.33. The Morgan fingerprint density at radius 2 is 1.88 bits per heavy atom. The van der Waals surface area contributed by atoms with Crippen molar-refractivity contribution in [2.75, 3.05) is 13.1 Å². The van der Waals surface area contributed by atoms with Crippen molar-refractivity contribution in [3.8, 4) is 11.3 Å². The molecule has 4 aromatic rings. The first-order valence-corrected chi connectivity index (χ1v) is 12.1. The number of nitrogens with zero attached hydrogens (tertiary/aromatic N) is 3. The van der Waals surface area contributed by atoms with Crippen LogP contribution >= 0.6 is 22.9 Å². The van der Waals surface area contributed by atoms with Crippen molar-refractivity contribution in [1.29, 1.82) is 0 Å². The quantitative estimate of drug-likeness (QED) is 0.374. The lowest BCUT2D eigenvalue weighted by Crippen LogP contribution is -2.40. The van der Waals surface area contributed by atoms with E-state index in [-0.39, 0.29) is 18.4 Å². The van der Waals surface area contributed by atoms with Crippen LogP contribution in [0.25, 0.3) is 22.4 Å². The third-order valence-electron chi connectivity index (χ3n) is 5.57. The van der Waals surface area contributed by atoms with Crippen LogP contribution in [0, 0.1) is 20.8 Å². The monoisotopic (exact) mass is 496 g/mol. The summed E-state index contributed by atoms with van der Waals surface area (Å²) in [6.07, 6.45) is 0. The average Bonchev–Trinajstić information content (AvgIpc) is 3.36. The normalized spacial score (nSPS) is 11.1. The summed E-state index contributed by atoms with van der Waals surface area (Å²) < 4.78 is 5.42. The van der Waals surface area contributed by atoms with Gasteiger partial charge >= 0.3 is 0 Å². The molecule has 0 radical (unpaired) electrons. The lowest BCUT2D eigenvalue weighted by molar-refractivity contribution is -0.121. The third kappa shape index (κ3) is 4.98. The molecule has 0 saturated heterocycles. The number of aryl methyl sites for hydroxylation is 3. The molecule has 4 rings (SSSR count). The zero-order valence-electron chi connectivity index (χ0n) is 19.4. The first-order valence-electron chi connectivity index (χ1n) is 10.9. The topological polar surface area (TPSA) is 88.3 Å². The molecule has 9 heteroatoms. The van der Waals surface area contributed by atoms with Crippen LogP contribution in [0.1, 0.15) is 38.3 Å². The number of hydrogen-bond acceptors (Lipinski definition) is 6. The summed E-state index contributed by atoms with van der Waals surface area (Å²) in [7, 11) is 0. The zero-order chi connectivity index (χ0) is 24.4. The summed E-state index contributed by atoms with van der Waals surface area (Å²) in [5.74, 6) is -0.518. The summed E-state index contributed by atoms with van der Waals surface area (Å²) in [6, 6.07) is 11.1. The van der Waals surface area contributed by atoms with E-state index in [0.717, 1.165) is 20.9 Å². The molecule has 0 aliphatic heterocycles. The summed E-state index contributed by atoms with van der Waals surface area (Å²) in [5, 5.41) is 8.09. The Morgan fingerprint density at radius 1 is 1.15 bits per heavy atom. The number of likely N-dealkylation sites (N-methyl/N-ethyl adjacent to an activating group) is 1. The highest BCUT2D eigenvalue weighted by Gasteiger charge is 2.25. The molecule has 3 heterocycles. The fraction of sp³-hybridized carbons (Fsp3) is 0.280. The molecule has 176 valence electrons. The van der Waals surface area contributed by atoms with Crippen LogP contribution in [0.5, 0.6) is 0 Å². The minimum Gasteiger partial charge on any atom is -0.350 e. The van der Waals surface area contributed by atoms with E-state index in [1.54, 1.807) is 36.5 Å². The lowest BCUT2D eigenvalue weighted by atomic mass is 10.0. The van der Waals surface area contributed by atoms with Gasteiger partial charge in [0, 0.05) is 33.4 Å². The maximum absolute atomic E-state index is 13.6. The lowest BCUT2D eigenvalue weighted by Gasteiger charge is -2.21. The van der Waals surface area contributed by atoms with Gasteiger partial charge in [0.15, 0.2) is 0 Å². The van der Waals surface area contributed by atoms with E-state index in [1.165, 1.54) is 4.90 Å². The highest BCUT2D eigenvalue weighted by molar-refractivity contribution is 7.12. The van der Waals surface area contributed by atoms with Gasteiger partial charge in [-0.2, -0.15) is 0 Å². The first kappa shape index (κ1) is 23.9. The van der Waals surface area contributed by atoms with Crippen molar-refractivity contribution >= 4 is 45.9 Å². The highest BCUT2D eigenvalue weighted by atomic mass is 35.5. The number of thiophene rings is 1. The molecule has 0 aliphatic rings. The zero-order valence-corrected chi connectivity index (χ0v) is 21.0. The number of halogens is 1. The third-order valence-corrected chi connectivity index (χ3v) is 6.79. The fourth-order valence-corrected chi connectivity index (χ4v) is 4.88. The Hall–Kier alpha value is -3.23. The van der Waals surface area contributed by atoms with E-state index in [1.807, 2.05) is 39.0 Å². The van der Waals surface area contributed by atoms with E-state index in [9.17, 15) is 9.59 Å². The van der Waals surface area contributed by atoms with Gasteiger partial charge in [0.25, 0.3) is 11.6 Å². The predicted octanol–water partition coefficient (Wildman–Crippen LogP) is 5.31. The van der Waals surface area contributed by atoms with Crippen LogP contribution in [-0.4, -0.2) is 39.9 Å². The van der Waals surface area contributed by atoms with E-state index < -0.39 is 0 Å². The van der Waals surface area contributed by atoms with Crippen molar-refractivity contribution in [3.63, 3.8) is 0 Å². The van der Waals surface area contributed by atoms with Gasteiger partial charge in [-0.3, -0.25) is 9.59 Å². The Kier molecular flexibility index (Phi) is 7.00. The second kappa shape index (κ2) is 9.95. The number of amides is 2. The van der Waals surface area contributed by atoms with Crippen LogP contribution in [0.3, 0.4) is 0 Å². The van der Waals surface area contributed by atoms with Crippen LogP contribution in [0.4, 0.5) is 0 Å². The number of fused-ring (bicyclic) bond motifs is 1. The molecule has 0 unspecified atom stereocenters. The number of aromatic nitrogens is 2. The molecule has 0 saturated carbocycles. The number of carbonyl (C=O) groups is 2. The molecule has 1 aromatic carbocycles. The summed E-state index contributed by atoms with van der Waals surface area (Å²) in [5.41, 5.74) is 3.85. The molecule has 0 spiro atoms. The maximum Gasteiger partial charge on any atom is 0.259 e. The molecule has 7 nitrogen and oxygen atoms in total. The average molecular weight is 497 g/mol. The standard InChI is InChI=1S/C25H25ClN4O3S/c1-5-30(13-22(31)27-12-17-6-8-18(26)9-7-17)25(32)20-11-21(19-10-14(2)34-16(19)4)28-24-23(20)15(3)29-33-24/h6-11H,5,12-13H2,1-4H3,(H,27,31). The molecule has 0 fully saturated rings. The molecular weight excluding hydrogens is 472 g/mol. The number of hydrogen-bond donors (Lipinski definition) is 1. The predicted molar refractivity (Wildman–Crippen MR) is 134 cm³/mol. The SMILES string of the molecule is CCN(CC(=O)NCc1ccc(Cl)cc1)C(=O)c1cc(-c2cc(C)sc2C)nc2onc(C)c12. The number of rotatable bonds is 7. The Bertz CT molecular complexity index is 1360. The van der Waals surface area contributed by atoms with E-state index in [0.29, 0.717) is 46.2 Å². The number of nitrogens with one attached hydrogen (secondary N) is 1. The van der Waals surface area contributed by atoms with Gasteiger partial charge in [0.2, 0.25) is 5.91 Å². The van der Waals surface area contributed by atoms with Crippen molar-refractivity contribution in [2.24, 2.45) is 0 Å². The van der Waals surface area contributed by atoms with Crippen LogP contribution in [0.2, 0.25) is 5.02 Å². The van der Waals surface area contributed by atoms with Crippen LogP contribution in [0.15, 0.2) is 40.9 Å². The molecule has 0 aliphatic carbocycles. The summed E-state index contributed by atoms with van der Waals surface area (Å²) in [4.78, 5) is 34.6. The molecule has 0 bridgehead atoms. The molecule has 1 N–H and O–H groups in total. The van der Waals surface area contributed by atoms with Gasteiger partial charge in [-0.15, -0.1) is 11.3 Å². The van der Waals surface area contributed by atoms with Crippen LogP contribution in [-0.2, 0) is 11.3 Å².